The second-order valence-corrected chi connectivity index (χ2v) is 8.33. The van der Waals surface area contributed by atoms with Crippen LogP contribution in [0.4, 0.5) is 0 Å². The zero-order valence-electron chi connectivity index (χ0n) is 17.7. The zero-order chi connectivity index (χ0) is 22.3. The van der Waals surface area contributed by atoms with Crippen LogP contribution in [-0.2, 0) is 17.8 Å². The fraction of sp³-hybridized carbons (Fsp3) is 0.154. The second-order valence-electron chi connectivity index (χ2n) is 7.38. The molecular weight excluding hydrogens is 420 g/mol. The van der Waals surface area contributed by atoms with E-state index in [9.17, 15) is 9.59 Å². The summed E-state index contributed by atoms with van der Waals surface area (Å²) in [5.41, 5.74) is 1.88. The average molecular weight is 445 g/mol. The molecule has 3 aromatic carbocycles. The summed E-state index contributed by atoms with van der Waals surface area (Å²) < 4.78 is 5.54. The molecule has 32 heavy (non-hydrogen) atoms. The average Bonchev–Trinajstić information content (AvgIpc) is 3.37. The molecule has 1 aromatic heterocycles. The van der Waals surface area contributed by atoms with Crippen molar-refractivity contribution in [3.05, 3.63) is 100 Å². The van der Waals surface area contributed by atoms with Gasteiger partial charge < -0.3 is 15.4 Å². The van der Waals surface area contributed by atoms with Gasteiger partial charge in [-0.2, -0.15) is 0 Å². The standard InChI is InChI=1S/C26H24N2O3S/c1-31-23-14-13-19-10-5-6-11-20(19)21(23)17-27-25(29)22(16-18-8-3-2-4-9-18)28-26(30)24-12-7-15-32-24/h2-15,22H,16-17H2,1H3,(H,27,29)(H,28,30). The van der Waals surface area contributed by atoms with Crippen LogP contribution in [0, 0.1) is 0 Å². The summed E-state index contributed by atoms with van der Waals surface area (Å²) in [7, 11) is 1.62. The van der Waals surface area contributed by atoms with Crippen molar-refractivity contribution in [1.29, 1.82) is 0 Å². The molecule has 0 saturated heterocycles. The molecule has 1 heterocycles. The molecule has 0 saturated carbocycles. The van der Waals surface area contributed by atoms with E-state index < -0.39 is 6.04 Å². The van der Waals surface area contributed by atoms with Crippen molar-refractivity contribution in [2.75, 3.05) is 7.11 Å². The van der Waals surface area contributed by atoms with Gasteiger partial charge >= 0.3 is 0 Å². The SMILES string of the molecule is COc1ccc2ccccc2c1CNC(=O)C(Cc1ccccc1)NC(=O)c1cccs1. The minimum Gasteiger partial charge on any atom is -0.496 e. The summed E-state index contributed by atoms with van der Waals surface area (Å²) in [6, 6.07) is 24.4. The predicted octanol–water partition coefficient (Wildman–Crippen LogP) is 4.57. The Balaban J connectivity index is 1.55. The molecule has 0 fully saturated rings. The van der Waals surface area contributed by atoms with Gasteiger partial charge in [0.1, 0.15) is 11.8 Å². The van der Waals surface area contributed by atoms with Crippen LogP contribution >= 0.6 is 11.3 Å². The number of carbonyl (C=O) groups is 2. The molecule has 4 rings (SSSR count). The van der Waals surface area contributed by atoms with E-state index in [-0.39, 0.29) is 11.8 Å². The Morgan fingerprint density at radius 1 is 0.938 bits per heavy atom. The molecule has 5 nitrogen and oxygen atoms in total. The van der Waals surface area contributed by atoms with Crippen molar-refractivity contribution >= 4 is 33.9 Å². The highest BCUT2D eigenvalue weighted by Crippen LogP contribution is 2.27. The first-order valence-corrected chi connectivity index (χ1v) is 11.2. The molecule has 4 aromatic rings. The molecule has 162 valence electrons. The number of ether oxygens (including phenoxy) is 1. The Labute approximate surface area is 191 Å². The van der Waals surface area contributed by atoms with Crippen LogP contribution in [0.3, 0.4) is 0 Å². The maximum Gasteiger partial charge on any atom is 0.262 e. The molecule has 0 aliphatic carbocycles. The van der Waals surface area contributed by atoms with E-state index in [2.05, 4.69) is 10.6 Å². The Bertz CT molecular complexity index is 1210. The van der Waals surface area contributed by atoms with Gasteiger partial charge in [-0.15, -0.1) is 11.3 Å². The van der Waals surface area contributed by atoms with Gasteiger partial charge in [0.2, 0.25) is 5.91 Å². The number of thiophene rings is 1. The highest BCUT2D eigenvalue weighted by atomic mass is 32.1. The molecule has 0 spiro atoms. The van der Waals surface area contributed by atoms with Crippen LogP contribution in [0.25, 0.3) is 10.8 Å². The lowest BCUT2D eigenvalue weighted by Gasteiger charge is -2.19. The maximum atomic E-state index is 13.2. The minimum atomic E-state index is -0.701. The van der Waals surface area contributed by atoms with Crippen LogP contribution in [0.15, 0.2) is 84.2 Å². The van der Waals surface area contributed by atoms with E-state index in [4.69, 9.17) is 4.74 Å². The quantitative estimate of drug-likeness (QED) is 0.418. The van der Waals surface area contributed by atoms with Gasteiger partial charge in [0.15, 0.2) is 0 Å². The van der Waals surface area contributed by atoms with Crippen LogP contribution in [0.1, 0.15) is 20.8 Å². The van der Waals surface area contributed by atoms with Crippen molar-refractivity contribution in [3.63, 3.8) is 0 Å². The summed E-state index contributed by atoms with van der Waals surface area (Å²) in [5, 5.41) is 9.84. The van der Waals surface area contributed by atoms with Gasteiger partial charge in [0.05, 0.1) is 12.0 Å². The number of hydrogen-bond donors (Lipinski definition) is 2. The monoisotopic (exact) mass is 444 g/mol. The number of benzene rings is 3. The summed E-state index contributed by atoms with van der Waals surface area (Å²) in [6.07, 6.45) is 0.399. The molecule has 1 atom stereocenters. The molecule has 0 bridgehead atoms. The van der Waals surface area contributed by atoms with Gasteiger partial charge in [-0.1, -0.05) is 66.7 Å². The molecule has 2 N–H and O–H groups in total. The molecule has 6 heteroatoms. The van der Waals surface area contributed by atoms with Gasteiger partial charge in [-0.3, -0.25) is 9.59 Å². The smallest absolute Gasteiger partial charge is 0.262 e. The number of amides is 2. The van der Waals surface area contributed by atoms with Crippen LogP contribution < -0.4 is 15.4 Å². The van der Waals surface area contributed by atoms with Crippen LogP contribution in [-0.4, -0.2) is 25.0 Å². The van der Waals surface area contributed by atoms with Crippen molar-refractivity contribution in [2.24, 2.45) is 0 Å². The Morgan fingerprint density at radius 2 is 1.72 bits per heavy atom. The van der Waals surface area contributed by atoms with E-state index in [1.807, 2.05) is 78.2 Å². The molecule has 2 amide bonds. The molecule has 1 unspecified atom stereocenters. The zero-order valence-corrected chi connectivity index (χ0v) is 18.5. The number of methoxy groups -OCH3 is 1. The van der Waals surface area contributed by atoms with Crippen molar-refractivity contribution in [3.8, 4) is 5.75 Å². The van der Waals surface area contributed by atoms with Crippen molar-refractivity contribution in [2.45, 2.75) is 19.0 Å². The first kappa shape index (κ1) is 21.6. The Hall–Kier alpha value is -3.64. The summed E-state index contributed by atoms with van der Waals surface area (Å²) >= 11 is 1.35. The lowest BCUT2D eigenvalue weighted by atomic mass is 10.0. The second kappa shape index (κ2) is 10.1. The number of carbonyl (C=O) groups excluding carboxylic acids is 2. The van der Waals surface area contributed by atoms with Crippen molar-refractivity contribution in [1.82, 2.24) is 10.6 Å². The fourth-order valence-corrected chi connectivity index (χ4v) is 4.31. The predicted molar refractivity (Wildman–Crippen MR) is 128 cm³/mol. The van der Waals surface area contributed by atoms with Crippen LogP contribution in [0.5, 0.6) is 5.75 Å². The Kier molecular flexibility index (Phi) is 6.82. The lowest BCUT2D eigenvalue weighted by Crippen LogP contribution is -2.47. The molecule has 0 aliphatic heterocycles. The first-order valence-electron chi connectivity index (χ1n) is 10.4. The third-order valence-electron chi connectivity index (χ3n) is 5.31. The van der Waals surface area contributed by atoms with Crippen molar-refractivity contribution < 1.29 is 14.3 Å². The van der Waals surface area contributed by atoms with Gasteiger partial charge in [0, 0.05) is 18.5 Å². The third-order valence-corrected chi connectivity index (χ3v) is 6.17. The molecule has 0 aliphatic rings. The normalized spacial score (nSPS) is 11.7. The van der Waals surface area contributed by atoms with Gasteiger partial charge in [0.25, 0.3) is 5.91 Å². The topological polar surface area (TPSA) is 67.4 Å². The maximum absolute atomic E-state index is 13.2. The number of fused-ring (bicyclic) bond motifs is 1. The number of nitrogens with one attached hydrogen (secondary N) is 2. The summed E-state index contributed by atoms with van der Waals surface area (Å²) in [4.78, 5) is 26.4. The van der Waals surface area contributed by atoms with E-state index in [1.165, 1.54) is 11.3 Å². The van der Waals surface area contributed by atoms with E-state index in [0.29, 0.717) is 23.6 Å². The van der Waals surface area contributed by atoms with E-state index in [1.54, 1.807) is 13.2 Å². The highest BCUT2D eigenvalue weighted by Gasteiger charge is 2.23. The largest absolute Gasteiger partial charge is 0.496 e. The van der Waals surface area contributed by atoms with Gasteiger partial charge in [-0.25, -0.2) is 0 Å². The van der Waals surface area contributed by atoms with E-state index >= 15 is 0 Å². The Morgan fingerprint density at radius 3 is 2.47 bits per heavy atom. The van der Waals surface area contributed by atoms with E-state index in [0.717, 1.165) is 21.9 Å². The lowest BCUT2D eigenvalue weighted by molar-refractivity contribution is -0.123. The third kappa shape index (κ3) is 4.98. The molecule has 0 radical (unpaired) electrons. The van der Waals surface area contributed by atoms with Gasteiger partial charge in [-0.05, 0) is 33.8 Å². The number of hydrogen-bond acceptors (Lipinski definition) is 4. The summed E-state index contributed by atoms with van der Waals surface area (Å²) in [6.45, 7) is 0.295. The number of rotatable bonds is 8. The van der Waals surface area contributed by atoms with Crippen LogP contribution in [0.2, 0.25) is 0 Å². The minimum absolute atomic E-state index is 0.242. The molecular formula is C26H24N2O3S. The fourth-order valence-electron chi connectivity index (χ4n) is 3.68. The first-order chi connectivity index (χ1) is 15.7. The summed E-state index contributed by atoms with van der Waals surface area (Å²) in [5.74, 6) is 0.221. The highest BCUT2D eigenvalue weighted by molar-refractivity contribution is 7.12.